The number of nitrogens with one attached hydrogen (secondary N) is 1. The molecule has 0 spiro atoms. The van der Waals surface area contributed by atoms with E-state index in [0.717, 1.165) is 33.3 Å². The van der Waals surface area contributed by atoms with Crippen molar-refractivity contribution >= 4 is 34.4 Å². The average Bonchev–Trinajstić information content (AvgIpc) is 3.32. The van der Waals surface area contributed by atoms with E-state index >= 15 is 0 Å². The number of nitrogens with zero attached hydrogens (tertiary/aromatic N) is 2. The predicted molar refractivity (Wildman–Crippen MR) is 138 cm³/mol. The number of rotatable bonds is 6. The first kappa shape index (κ1) is 21.9. The van der Waals surface area contributed by atoms with E-state index in [-0.39, 0.29) is 11.5 Å². The second-order valence-corrected chi connectivity index (χ2v) is 7.98. The highest BCUT2D eigenvalue weighted by molar-refractivity contribution is 6.02. The number of carboxylic acid groups (broad SMARTS) is 1. The van der Waals surface area contributed by atoms with E-state index in [4.69, 9.17) is 10.2 Å². The van der Waals surface area contributed by atoms with Gasteiger partial charge in [0.05, 0.1) is 16.9 Å². The van der Waals surface area contributed by atoms with Crippen LogP contribution in [0.4, 0.5) is 5.69 Å². The molecule has 0 aliphatic carbocycles. The summed E-state index contributed by atoms with van der Waals surface area (Å²) in [4.78, 5) is 23.6. The monoisotopic (exact) mass is 459 g/mol. The Morgan fingerprint density at radius 2 is 1.54 bits per heavy atom. The van der Waals surface area contributed by atoms with Crippen molar-refractivity contribution in [3.63, 3.8) is 0 Å². The van der Waals surface area contributed by atoms with Crippen molar-refractivity contribution in [2.75, 3.05) is 5.32 Å². The zero-order valence-electron chi connectivity index (χ0n) is 18.6. The fraction of sp³-hybridized carbons (Fsp3) is 0. The van der Waals surface area contributed by atoms with Gasteiger partial charge in [0.25, 0.3) is 0 Å². The van der Waals surface area contributed by atoms with Gasteiger partial charge < -0.3 is 10.4 Å². The first-order valence-corrected chi connectivity index (χ1v) is 11.0. The highest BCUT2D eigenvalue weighted by Crippen LogP contribution is 2.28. The number of aromatic nitrogens is 2. The van der Waals surface area contributed by atoms with Gasteiger partial charge in [-0.1, -0.05) is 54.6 Å². The summed E-state index contributed by atoms with van der Waals surface area (Å²) in [6.07, 6.45) is 5.07. The van der Waals surface area contributed by atoms with Gasteiger partial charge in [-0.15, -0.1) is 0 Å². The van der Waals surface area contributed by atoms with Crippen LogP contribution in [-0.2, 0) is 4.79 Å². The normalized spacial score (nSPS) is 11.1. The maximum absolute atomic E-state index is 12.6. The molecule has 6 heteroatoms. The van der Waals surface area contributed by atoms with Gasteiger partial charge in [-0.2, -0.15) is 5.10 Å². The second-order valence-electron chi connectivity index (χ2n) is 7.98. The van der Waals surface area contributed by atoms with E-state index in [9.17, 15) is 9.59 Å². The van der Waals surface area contributed by atoms with Gasteiger partial charge in [0.2, 0.25) is 5.91 Å². The van der Waals surface area contributed by atoms with E-state index in [0.29, 0.717) is 5.69 Å². The average molecular weight is 460 g/mol. The number of para-hydroxylation sites is 1. The number of hydrogen-bond donors (Lipinski definition) is 2. The van der Waals surface area contributed by atoms with Crippen LogP contribution >= 0.6 is 0 Å². The van der Waals surface area contributed by atoms with Crippen molar-refractivity contribution in [1.29, 1.82) is 0 Å². The Bertz CT molecular complexity index is 1550. The first-order chi connectivity index (χ1) is 17.1. The smallest absolute Gasteiger partial charge is 0.335 e. The van der Waals surface area contributed by atoms with Gasteiger partial charge in [0.15, 0.2) is 0 Å². The molecule has 35 heavy (non-hydrogen) atoms. The lowest BCUT2D eigenvalue weighted by atomic mass is 10.0. The molecule has 4 aromatic carbocycles. The van der Waals surface area contributed by atoms with Gasteiger partial charge >= 0.3 is 5.97 Å². The van der Waals surface area contributed by atoms with Crippen LogP contribution in [0.15, 0.2) is 109 Å². The molecular formula is C29H21N3O3. The summed E-state index contributed by atoms with van der Waals surface area (Å²) >= 11 is 0. The number of benzene rings is 4. The minimum absolute atomic E-state index is 0.159. The van der Waals surface area contributed by atoms with Crippen LogP contribution in [-0.4, -0.2) is 26.8 Å². The molecular weight excluding hydrogens is 438 g/mol. The van der Waals surface area contributed by atoms with E-state index < -0.39 is 5.97 Å². The molecule has 0 atom stereocenters. The summed E-state index contributed by atoms with van der Waals surface area (Å²) in [5, 5.41) is 18.9. The lowest BCUT2D eigenvalue weighted by molar-refractivity contribution is -0.111. The van der Waals surface area contributed by atoms with Gasteiger partial charge in [-0.3, -0.25) is 4.79 Å². The van der Waals surface area contributed by atoms with Gasteiger partial charge in [-0.05, 0) is 59.3 Å². The Morgan fingerprint density at radius 1 is 0.829 bits per heavy atom. The largest absolute Gasteiger partial charge is 0.478 e. The number of carboxylic acids is 1. The number of carbonyl (C=O) groups is 2. The summed E-state index contributed by atoms with van der Waals surface area (Å²) in [7, 11) is 0. The molecule has 0 radical (unpaired) electrons. The molecule has 1 aromatic heterocycles. The fourth-order valence-electron chi connectivity index (χ4n) is 3.83. The zero-order valence-corrected chi connectivity index (χ0v) is 18.6. The van der Waals surface area contributed by atoms with Crippen LogP contribution in [0.2, 0.25) is 0 Å². The molecule has 0 bridgehead atoms. The van der Waals surface area contributed by atoms with Crippen molar-refractivity contribution < 1.29 is 14.7 Å². The molecule has 1 heterocycles. The van der Waals surface area contributed by atoms with Gasteiger partial charge in [-0.25, -0.2) is 9.48 Å². The molecule has 0 aliphatic rings. The van der Waals surface area contributed by atoms with E-state index in [1.165, 1.54) is 18.2 Å². The van der Waals surface area contributed by atoms with E-state index in [1.54, 1.807) is 22.9 Å². The number of fused-ring (bicyclic) bond motifs is 1. The molecule has 0 aliphatic heterocycles. The quantitative estimate of drug-likeness (QED) is 0.303. The zero-order chi connectivity index (χ0) is 24.2. The SMILES string of the molecule is O=C(/C=C/c1cn(-c2ccccc2)nc1-c1ccc2ccccc2c1)Nc1ccc(C(=O)O)cc1. The Labute approximate surface area is 201 Å². The molecule has 5 rings (SSSR count). The predicted octanol–water partition coefficient (Wildman–Crippen LogP) is 6.04. The first-order valence-electron chi connectivity index (χ1n) is 11.0. The highest BCUT2D eigenvalue weighted by atomic mass is 16.4. The molecule has 0 saturated heterocycles. The van der Waals surface area contributed by atoms with Crippen LogP contribution < -0.4 is 5.32 Å². The van der Waals surface area contributed by atoms with Crippen molar-refractivity contribution in [3.8, 4) is 16.9 Å². The molecule has 2 N–H and O–H groups in total. The van der Waals surface area contributed by atoms with E-state index in [1.807, 2.05) is 54.7 Å². The Balaban J connectivity index is 1.46. The third-order valence-electron chi connectivity index (χ3n) is 5.60. The summed E-state index contributed by atoms with van der Waals surface area (Å²) in [5.41, 5.74) is 4.08. The number of hydrogen-bond acceptors (Lipinski definition) is 3. The molecule has 1 amide bonds. The third-order valence-corrected chi connectivity index (χ3v) is 5.60. The van der Waals surface area contributed by atoms with Crippen molar-refractivity contribution in [2.24, 2.45) is 0 Å². The topological polar surface area (TPSA) is 84.2 Å². The van der Waals surface area contributed by atoms with Crippen molar-refractivity contribution in [3.05, 3.63) is 120 Å². The van der Waals surface area contributed by atoms with Crippen LogP contribution in [0, 0.1) is 0 Å². The molecule has 0 unspecified atom stereocenters. The van der Waals surface area contributed by atoms with Crippen LogP contribution in [0.3, 0.4) is 0 Å². The summed E-state index contributed by atoms with van der Waals surface area (Å²) in [5.74, 6) is -1.34. The van der Waals surface area contributed by atoms with E-state index in [2.05, 4.69) is 29.6 Å². The minimum Gasteiger partial charge on any atom is -0.478 e. The standard InChI is InChI=1S/C29H21N3O3/c33-27(30-25-15-12-21(13-16-25)29(34)35)17-14-24-19-32(26-8-2-1-3-9-26)31-28(24)23-11-10-20-6-4-5-7-22(20)18-23/h1-19H,(H,30,33)(H,34,35)/b17-14+. The third kappa shape index (κ3) is 4.86. The van der Waals surface area contributed by atoms with Crippen LogP contribution in [0.1, 0.15) is 15.9 Å². The molecule has 170 valence electrons. The molecule has 5 aromatic rings. The molecule has 6 nitrogen and oxygen atoms in total. The summed E-state index contributed by atoms with van der Waals surface area (Å²) < 4.78 is 1.80. The highest BCUT2D eigenvalue weighted by Gasteiger charge is 2.12. The maximum atomic E-state index is 12.6. The lowest BCUT2D eigenvalue weighted by Crippen LogP contribution is -2.08. The minimum atomic E-state index is -1.01. The lowest BCUT2D eigenvalue weighted by Gasteiger charge is -2.04. The molecule has 0 saturated carbocycles. The van der Waals surface area contributed by atoms with Crippen molar-refractivity contribution in [1.82, 2.24) is 9.78 Å². The van der Waals surface area contributed by atoms with Gasteiger partial charge in [0.1, 0.15) is 0 Å². The summed E-state index contributed by atoms with van der Waals surface area (Å²) in [6.45, 7) is 0. The Hall–Kier alpha value is -4.97. The maximum Gasteiger partial charge on any atom is 0.335 e. The van der Waals surface area contributed by atoms with Gasteiger partial charge in [0, 0.05) is 29.1 Å². The summed E-state index contributed by atoms with van der Waals surface area (Å²) in [6, 6.07) is 30.1. The molecule has 0 fully saturated rings. The Kier molecular flexibility index (Phi) is 5.92. The fourth-order valence-corrected chi connectivity index (χ4v) is 3.83. The van der Waals surface area contributed by atoms with Crippen molar-refractivity contribution in [2.45, 2.75) is 0 Å². The van der Waals surface area contributed by atoms with Crippen LogP contribution in [0.25, 0.3) is 33.8 Å². The number of carbonyl (C=O) groups excluding carboxylic acids is 1. The Morgan fingerprint density at radius 3 is 2.29 bits per heavy atom. The number of anilines is 1. The number of aromatic carboxylic acids is 1. The number of amides is 1. The van der Waals surface area contributed by atoms with Crippen LogP contribution in [0.5, 0.6) is 0 Å². The second kappa shape index (κ2) is 9.49.